The Kier molecular flexibility index (Phi) is 4.92. The normalized spacial score (nSPS) is 10.9. The van der Waals surface area contributed by atoms with Gasteiger partial charge in [0.2, 0.25) is 10.1 Å². The van der Waals surface area contributed by atoms with Crippen LogP contribution in [0.5, 0.6) is 5.75 Å². The zero-order valence-electron chi connectivity index (χ0n) is 12.5. The molecule has 1 N–H and O–H groups in total. The third kappa shape index (κ3) is 3.89. The van der Waals surface area contributed by atoms with Gasteiger partial charge in [0.05, 0.1) is 6.54 Å². The van der Waals surface area contributed by atoms with Crippen LogP contribution in [0.2, 0.25) is 0 Å². The van der Waals surface area contributed by atoms with Gasteiger partial charge in [-0.15, -0.1) is 5.10 Å². The molecule has 8 heteroatoms. The SMILES string of the molecule is CCc1cc(=O)n2nc(NCCOc3ccc(Br)cc3)sc2n1. The number of hydrogen-bond donors (Lipinski definition) is 1. The number of aromatic nitrogens is 3. The number of rotatable bonds is 6. The summed E-state index contributed by atoms with van der Waals surface area (Å²) < 4.78 is 7.96. The van der Waals surface area contributed by atoms with Gasteiger partial charge in [-0.25, -0.2) is 4.98 Å². The lowest BCUT2D eigenvalue weighted by atomic mass is 10.3. The van der Waals surface area contributed by atoms with Crippen LogP contribution < -0.4 is 15.6 Å². The van der Waals surface area contributed by atoms with E-state index in [1.807, 2.05) is 31.2 Å². The van der Waals surface area contributed by atoms with Crippen molar-refractivity contribution >= 4 is 37.4 Å². The van der Waals surface area contributed by atoms with Crippen molar-refractivity contribution in [2.24, 2.45) is 0 Å². The molecule has 0 radical (unpaired) electrons. The van der Waals surface area contributed by atoms with Crippen molar-refractivity contribution in [3.63, 3.8) is 0 Å². The van der Waals surface area contributed by atoms with E-state index >= 15 is 0 Å². The summed E-state index contributed by atoms with van der Waals surface area (Å²) >= 11 is 4.74. The molecule has 0 atom stereocenters. The molecule has 2 heterocycles. The van der Waals surface area contributed by atoms with Crippen LogP contribution in [-0.4, -0.2) is 27.7 Å². The fourth-order valence-corrected chi connectivity index (χ4v) is 3.08. The van der Waals surface area contributed by atoms with Crippen molar-refractivity contribution in [2.75, 3.05) is 18.5 Å². The molecule has 0 saturated carbocycles. The molecule has 3 rings (SSSR count). The topological polar surface area (TPSA) is 68.5 Å². The summed E-state index contributed by atoms with van der Waals surface area (Å²) in [5.74, 6) is 0.810. The third-order valence-corrected chi connectivity index (χ3v) is 4.52. The highest BCUT2D eigenvalue weighted by molar-refractivity contribution is 9.10. The van der Waals surface area contributed by atoms with E-state index in [-0.39, 0.29) is 5.56 Å². The number of ether oxygens (including phenoxy) is 1. The van der Waals surface area contributed by atoms with Gasteiger partial charge in [-0.3, -0.25) is 4.79 Å². The highest BCUT2D eigenvalue weighted by Crippen LogP contribution is 2.17. The second-order valence-electron chi connectivity index (χ2n) is 4.77. The number of aryl methyl sites for hydroxylation is 1. The summed E-state index contributed by atoms with van der Waals surface area (Å²) in [5, 5.41) is 8.04. The van der Waals surface area contributed by atoms with Crippen molar-refractivity contribution in [1.82, 2.24) is 14.6 Å². The van der Waals surface area contributed by atoms with Crippen LogP contribution in [-0.2, 0) is 6.42 Å². The number of fused-ring (bicyclic) bond motifs is 1. The van der Waals surface area contributed by atoms with Gasteiger partial charge >= 0.3 is 0 Å². The van der Waals surface area contributed by atoms with E-state index in [0.717, 1.165) is 22.3 Å². The van der Waals surface area contributed by atoms with Gasteiger partial charge < -0.3 is 10.1 Å². The lowest BCUT2D eigenvalue weighted by molar-refractivity contribution is 0.333. The average molecular weight is 395 g/mol. The second kappa shape index (κ2) is 7.10. The molecule has 0 saturated heterocycles. The Labute approximate surface area is 145 Å². The van der Waals surface area contributed by atoms with Crippen LogP contribution in [0.4, 0.5) is 5.13 Å². The van der Waals surface area contributed by atoms with E-state index in [9.17, 15) is 4.79 Å². The number of anilines is 1. The number of benzene rings is 1. The van der Waals surface area contributed by atoms with Gasteiger partial charge in [0.15, 0.2) is 0 Å². The Hall–Kier alpha value is -1.93. The molecule has 3 aromatic rings. The molecule has 0 spiro atoms. The van der Waals surface area contributed by atoms with E-state index in [1.54, 1.807) is 0 Å². The number of hydrogen-bond acceptors (Lipinski definition) is 6. The zero-order chi connectivity index (χ0) is 16.2. The third-order valence-electron chi connectivity index (χ3n) is 3.12. The van der Waals surface area contributed by atoms with Gasteiger partial charge in [0, 0.05) is 16.2 Å². The van der Waals surface area contributed by atoms with Gasteiger partial charge in [-0.2, -0.15) is 4.52 Å². The summed E-state index contributed by atoms with van der Waals surface area (Å²) in [6.07, 6.45) is 0.730. The first-order valence-corrected chi connectivity index (χ1v) is 8.78. The highest BCUT2D eigenvalue weighted by Gasteiger charge is 2.07. The van der Waals surface area contributed by atoms with Crippen LogP contribution in [0.3, 0.4) is 0 Å². The summed E-state index contributed by atoms with van der Waals surface area (Å²) in [5.41, 5.74) is 0.631. The van der Waals surface area contributed by atoms with Crippen molar-refractivity contribution in [1.29, 1.82) is 0 Å². The van der Waals surface area contributed by atoms with Gasteiger partial charge in [0.1, 0.15) is 12.4 Å². The molecule has 1 aromatic carbocycles. The van der Waals surface area contributed by atoms with E-state index in [4.69, 9.17) is 4.74 Å². The van der Waals surface area contributed by atoms with Crippen LogP contribution in [0, 0.1) is 0 Å². The van der Waals surface area contributed by atoms with Gasteiger partial charge in [0.25, 0.3) is 5.56 Å². The Morgan fingerprint density at radius 1 is 1.35 bits per heavy atom. The minimum absolute atomic E-state index is 0.151. The van der Waals surface area contributed by atoms with Crippen LogP contribution >= 0.6 is 27.3 Å². The van der Waals surface area contributed by atoms with Gasteiger partial charge in [-0.1, -0.05) is 34.2 Å². The molecule has 0 bridgehead atoms. The number of nitrogens with one attached hydrogen (secondary N) is 1. The van der Waals surface area contributed by atoms with Crippen LogP contribution in [0.15, 0.2) is 39.6 Å². The van der Waals surface area contributed by atoms with Crippen molar-refractivity contribution in [3.8, 4) is 5.75 Å². The Morgan fingerprint density at radius 3 is 2.87 bits per heavy atom. The first kappa shape index (κ1) is 15.9. The molecular weight excluding hydrogens is 380 g/mol. The molecule has 0 aliphatic heterocycles. The predicted octanol–water partition coefficient (Wildman–Crippen LogP) is 2.97. The standard InChI is InChI=1S/C15H15BrN4O2S/c1-2-11-9-13(21)20-15(18-11)23-14(19-20)17-7-8-22-12-5-3-10(16)4-6-12/h3-6,9H,2,7-8H2,1H3,(H,17,19). The maximum atomic E-state index is 11.9. The predicted molar refractivity (Wildman–Crippen MR) is 94.6 cm³/mol. The molecule has 0 unspecified atom stereocenters. The van der Waals surface area contributed by atoms with Crippen LogP contribution in [0.1, 0.15) is 12.6 Å². The summed E-state index contributed by atoms with van der Waals surface area (Å²) in [7, 11) is 0. The highest BCUT2D eigenvalue weighted by atomic mass is 79.9. The smallest absolute Gasteiger partial charge is 0.275 e. The van der Waals surface area contributed by atoms with E-state index in [1.165, 1.54) is 21.9 Å². The Balaban J connectivity index is 1.60. The lowest BCUT2D eigenvalue weighted by Gasteiger charge is -2.06. The Morgan fingerprint density at radius 2 is 2.13 bits per heavy atom. The van der Waals surface area contributed by atoms with Crippen molar-refractivity contribution in [2.45, 2.75) is 13.3 Å². The Bertz CT molecular complexity index is 860. The van der Waals surface area contributed by atoms with Crippen molar-refractivity contribution < 1.29 is 4.74 Å². The zero-order valence-corrected chi connectivity index (χ0v) is 14.9. The molecule has 6 nitrogen and oxygen atoms in total. The van der Waals surface area contributed by atoms with Crippen molar-refractivity contribution in [3.05, 3.63) is 50.9 Å². The average Bonchev–Trinajstić information content (AvgIpc) is 2.96. The van der Waals surface area contributed by atoms with E-state index < -0.39 is 0 Å². The first-order chi connectivity index (χ1) is 11.2. The number of nitrogens with zero attached hydrogens (tertiary/aromatic N) is 3. The fraction of sp³-hybridized carbons (Fsp3) is 0.267. The molecule has 0 aliphatic rings. The minimum Gasteiger partial charge on any atom is -0.492 e. The first-order valence-electron chi connectivity index (χ1n) is 7.18. The molecule has 0 fully saturated rings. The lowest BCUT2D eigenvalue weighted by Crippen LogP contribution is -2.16. The number of halogens is 1. The molecule has 2 aromatic heterocycles. The monoisotopic (exact) mass is 394 g/mol. The minimum atomic E-state index is -0.151. The maximum Gasteiger partial charge on any atom is 0.275 e. The molecule has 0 amide bonds. The quantitative estimate of drug-likeness (QED) is 0.650. The van der Waals surface area contributed by atoms with Crippen LogP contribution in [0.25, 0.3) is 4.96 Å². The summed E-state index contributed by atoms with van der Waals surface area (Å²) in [4.78, 5) is 16.9. The molecule has 23 heavy (non-hydrogen) atoms. The van der Waals surface area contributed by atoms with Gasteiger partial charge in [-0.05, 0) is 30.7 Å². The maximum absolute atomic E-state index is 11.9. The summed E-state index contributed by atoms with van der Waals surface area (Å²) in [6, 6.07) is 9.18. The second-order valence-corrected chi connectivity index (χ2v) is 6.64. The molecular formula is C15H15BrN4O2S. The fourth-order valence-electron chi connectivity index (χ4n) is 1.97. The van der Waals surface area contributed by atoms with E-state index in [0.29, 0.717) is 23.2 Å². The molecule has 0 aliphatic carbocycles. The summed E-state index contributed by atoms with van der Waals surface area (Å²) in [6.45, 7) is 3.06. The molecule has 120 valence electrons. The largest absolute Gasteiger partial charge is 0.492 e. The van der Waals surface area contributed by atoms with E-state index in [2.05, 4.69) is 31.3 Å².